The molecule has 0 unspecified atom stereocenters. The van der Waals surface area contributed by atoms with Gasteiger partial charge in [-0.1, -0.05) is 78.2 Å². The van der Waals surface area contributed by atoms with Gasteiger partial charge in [-0.05, 0) is 30.7 Å². The number of unbranched alkanes of at least 4 members (excludes halogenated alkanes) is 8. The summed E-state index contributed by atoms with van der Waals surface area (Å²) in [7, 11) is 1.36. The Kier molecular flexibility index (Phi) is 12.8. The van der Waals surface area contributed by atoms with Crippen molar-refractivity contribution in [1.82, 2.24) is 0 Å². The molecule has 0 radical (unpaired) electrons. The van der Waals surface area contributed by atoms with Crippen LogP contribution in [0.4, 0.5) is 5.69 Å². The fourth-order valence-corrected chi connectivity index (χ4v) is 3.96. The number of benzene rings is 1. The Morgan fingerprint density at radius 1 is 0.906 bits per heavy atom. The molecule has 0 saturated heterocycles. The number of anilines is 1. The third kappa shape index (κ3) is 9.92. The Bertz CT molecular complexity index is 714. The lowest BCUT2D eigenvalue weighted by atomic mass is 9.79. The van der Waals surface area contributed by atoms with E-state index >= 15 is 0 Å². The molecule has 1 aromatic carbocycles. The van der Waals surface area contributed by atoms with Crippen LogP contribution in [-0.4, -0.2) is 29.2 Å². The molecule has 0 fully saturated rings. The highest BCUT2D eigenvalue weighted by molar-refractivity contribution is 5.94. The minimum absolute atomic E-state index is 0.0597. The molecular weight excluding hydrogens is 406 g/mol. The number of esters is 1. The molecule has 182 valence electrons. The number of carbonyl (C=O) groups is 2. The normalized spacial score (nSPS) is 11.4. The average Bonchev–Trinajstić information content (AvgIpc) is 2.75. The van der Waals surface area contributed by atoms with Gasteiger partial charge in [-0.25, -0.2) is 0 Å². The topological polar surface area (TPSA) is 95.9 Å². The smallest absolute Gasteiger partial charge is 0.305 e. The van der Waals surface area contributed by atoms with Crippen molar-refractivity contribution in [3.8, 4) is 11.5 Å². The lowest BCUT2D eigenvalue weighted by molar-refractivity contribution is -0.140. The van der Waals surface area contributed by atoms with Gasteiger partial charge in [-0.3, -0.25) is 9.59 Å². The Morgan fingerprint density at radius 2 is 1.50 bits per heavy atom. The van der Waals surface area contributed by atoms with Gasteiger partial charge in [0.15, 0.2) is 0 Å². The number of rotatable bonds is 16. The molecule has 0 spiro atoms. The Balaban J connectivity index is 2.55. The summed E-state index contributed by atoms with van der Waals surface area (Å²) in [5, 5.41) is 23.7. The van der Waals surface area contributed by atoms with Crippen LogP contribution in [0, 0.1) is 0 Å². The van der Waals surface area contributed by atoms with Crippen molar-refractivity contribution in [2.24, 2.45) is 0 Å². The maximum absolute atomic E-state index is 12.4. The Morgan fingerprint density at radius 3 is 2.09 bits per heavy atom. The van der Waals surface area contributed by atoms with Crippen LogP contribution in [0.2, 0.25) is 0 Å². The molecule has 6 nitrogen and oxygen atoms in total. The molecule has 32 heavy (non-hydrogen) atoms. The summed E-state index contributed by atoms with van der Waals surface area (Å²) in [6.07, 6.45) is 12.5. The predicted octanol–water partition coefficient (Wildman–Crippen LogP) is 6.58. The monoisotopic (exact) mass is 449 g/mol. The highest BCUT2D eigenvalue weighted by Gasteiger charge is 2.27. The van der Waals surface area contributed by atoms with Crippen molar-refractivity contribution in [2.45, 2.75) is 110 Å². The molecule has 0 aliphatic heterocycles. The van der Waals surface area contributed by atoms with Crippen molar-refractivity contribution in [2.75, 3.05) is 12.4 Å². The number of hydrogen-bond donors (Lipinski definition) is 3. The highest BCUT2D eigenvalue weighted by Crippen LogP contribution is 2.43. The minimum atomic E-state index is -0.442. The van der Waals surface area contributed by atoms with Crippen molar-refractivity contribution in [3.05, 3.63) is 17.7 Å². The van der Waals surface area contributed by atoms with E-state index in [1.54, 1.807) is 6.07 Å². The van der Waals surface area contributed by atoms with E-state index in [1.807, 2.05) is 13.8 Å². The second-order valence-electron chi connectivity index (χ2n) is 9.30. The van der Waals surface area contributed by atoms with Gasteiger partial charge in [0.2, 0.25) is 5.91 Å². The lowest BCUT2D eigenvalue weighted by Gasteiger charge is -2.27. The van der Waals surface area contributed by atoms with E-state index in [4.69, 9.17) is 0 Å². The number of nitrogens with one attached hydrogen (secondary N) is 1. The summed E-state index contributed by atoms with van der Waals surface area (Å²) in [6.45, 7) is 6.14. The van der Waals surface area contributed by atoms with E-state index in [-0.39, 0.29) is 29.1 Å². The zero-order valence-corrected chi connectivity index (χ0v) is 20.5. The number of aromatic hydroxyl groups is 2. The first kappa shape index (κ1) is 27.8. The second-order valence-corrected chi connectivity index (χ2v) is 9.30. The fraction of sp³-hybridized carbons (Fsp3) is 0.692. The third-order valence-electron chi connectivity index (χ3n) is 6.07. The van der Waals surface area contributed by atoms with Gasteiger partial charge in [0.25, 0.3) is 0 Å². The SMILES string of the molecule is CCCCCCCCCCCC(=O)Nc1c(O)ccc(C(C)(C)CCCC(=O)OC)c1O. The van der Waals surface area contributed by atoms with E-state index < -0.39 is 5.41 Å². The summed E-state index contributed by atoms with van der Waals surface area (Å²) < 4.78 is 4.68. The molecular formula is C26H43NO5. The van der Waals surface area contributed by atoms with E-state index in [0.717, 1.165) is 19.3 Å². The van der Waals surface area contributed by atoms with Crippen molar-refractivity contribution >= 4 is 17.6 Å². The third-order valence-corrected chi connectivity index (χ3v) is 6.07. The maximum Gasteiger partial charge on any atom is 0.305 e. The van der Waals surface area contributed by atoms with Crippen LogP contribution in [0.15, 0.2) is 12.1 Å². The zero-order valence-electron chi connectivity index (χ0n) is 20.5. The summed E-state index contributed by atoms with van der Waals surface area (Å²) in [5.74, 6) is -0.745. The summed E-state index contributed by atoms with van der Waals surface area (Å²) in [4.78, 5) is 23.7. The van der Waals surface area contributed by atoms with Crippen LogP contribution in [0.1, 0.15) is 110 Å². The molecule has 0 aliphatic carbocycles. The van der Waals surface area contributed by atoms with Gasteiger partial charge in [-0.15, -0.1) is 0 Å². The first-order chi connectivity index (χ1) is 15.2. The lowest BCUT2D eigenvalue weighted by Crippen LogP contribution is -2.19. The van der Waals surface area contributed by atoms with Crippen LogP contribution < -0.4 is 5.32 Å². The van der Waals surface area contributed by atoms with Gasteiger partial charge in [0.1, 0.15) is 17.2 Å². The number of hydrogen-bond acceptors (Lipinski definition) is 5. The molecule has 1 amide bonds. The largest absolute Gasteiger partial charge is 0.506 e. The maximum atomic E-state index is 12.4. The minimum Gasteiger partial charge on any atom is -0.506 e. The van der Waals surface area contributed by atoms with Gasteiger partial charge in [0, 0.05) is 18.4 Å². The van der Waals surface area contributed by atoms with Crippen LogP contribution in [0.25, 0.3) is 0 Å². The van der Waals surface area contributed by atoms with Gasteiger partial charge in [0.05, 0.1) is 7.11 Å². The molecule has 0 aliphatic rings. The molecule has 0 aromatic heterocycles. The van der Waals surface area contributed by atoms with Gasteiger partial charge >= 0.3 is 5.97 Å². The first-order valence-corrected chi connectivity index (χ1v) is 12.1. The molecule has 0 heterocycles. The average molecular weight is 450 g/mol. The van der Waals surface area contributed by atoms with Gasteiger partial charge in [-0.2, -0.15) is 0 Å². The molecule has 1 rings (SSSR count). The standard InChI is InChI=1S/C26H43NO5/c1-5-6-7-8-9-10-11-12-13-15-22(29)27-24-21(28)18-17-20(25(24)31)26(2,3)19-14-16-23(30)32-4/h17-18,28,31H,5-16,19H2,1-4H3,(H,27,29). The van der Waals surface area contributed by atoms with Crippen LogP contribution in [-0.2, 0) is 19.7 Å². The molecule has 6 heteroatoms. The van der Waals surface area contributed by atoms with E-state index in [0.29, 0.717) is 31.2 Å². The molecule has 0 atom stereocenters. The van der Waals surface area contributed by atoms with E-state index in [1.165, 1.54) is 51.7 Å². The van der Waals surface area contributed by atoms with E-state index in [2.05, 4.69) is 17.0 Å². The number of amides is 1. The summed E-state index contributed by atoms with van der Waals surface area (Å²) >= 11 is 0. The molecule has 3 N–H and O–H groups in total. The molecule has 0 saturated carbocycles. The van der Waals surface area contributed by atoms with Crippen LogP contribution >= 0.6 is 0 Å². The zero-order chi connectivity index (χ0) is 24.0. The summed E-state index contributed by atoms with van der Waals surface area (Å²) in [6, 6.07) is 3.16. The van der Waals surface area contributed by atoms with Crippen molar-refractivity contribution in [3.63, 3.8) is 0 Å². The number of methoxy groups -OCH3 is 1. The van der Waals surface area contributed by atoms with E-state index in [9.17, 15) is 19.8 Å². The number of carbonyl (C=O) groups excluding carboxylic acids is 2. The summed E-state index contributed by atoms with van der Waals surface area (Å²) in [5.41, 5.74) is 0.241. The number of ether oxygens (including phenoxy) is 1. The Hall–Kier alpha value is -2.24. The van der Waals surface area contributed by atoms with Gasteiger partial charge < -0.3 is 20.3 Å². The van der Waals surface area contributed by atoms with Crippen LogP contribution in [0.5, 0.6) is 11.5 Å². The fourth-order valence-electron chi connectivity index (χ4n) is 3.96. The predicted molar refractivity (Wildman–Crippen MR) is 129 cm³/mol. The second kappa shape index (κ2) is 14.8. The highest BCUT2D eigenvalue weighted by atomic mass is 16.5. The first-order valence-electron chi connectivity index (χ1n) is 12.1. The van der Waals surface area contributed by atoms with Crippen LogP contribution in [0.3, 0.4) is 0 Å². The van der Waals surface area contributed by atoms with Crippen molar-refractivity contribution < 1.29 is 24.5 Å². The molecule has 0 bridgehead atoms. The Labute approximate surface area is 193 Å². The van der Waals surface area contributed by atoms with Crippen molar-refractivity contribution in [1.29, 1.82) is 0 Å². The number of phenols is 2. The molecule has 1 aromatic rings. The quantitative estimate of drug-likeness (QED) is 0.150. The number of phenolic OH excluding ortho intramolecular Hbond substituents is 2.